The molecule has 0 spiro atoms. The van der Waals surface area contributed by atoms with Crippen molar-refractivity contribution in [1.29, 1.82) is 5.53 Å². The van der Waals surface area contributed by atoms with Crippen LogP contribution in [0.15, 0.2) is 29.7 Å². The topological polar surface area (TPSA) is 159 Å². The van der Waals surface area contributed by atoms with E-state index in [1.807, 2.05) is 0 Å². The van der Waals surface area contributed by atoms with Crippen LogP contribution in [0.1, 0.15) is 23.2 Å². The number of imide groups is 1. The van der Waals surface area contributed by atoms with E-state index in [2.05, 4.69) is 21.4 Å². The fourth-order valence-corrected chi connectivity index (χ4v) is 0.997. The number of pyridine rings is 1. The van der Waals surface area contributed by atoms with Crippen LogP contribution < -0.4 is 11.2 Å². The number of nitrogens with zero attached hydrogens (tertiary/aromatic N) is 2. The third-order valence-corrected chi connectivity index (χ3v) is 1.77. The summed E-state index contributed by atoms with van der Waals surface area (Å²) in [6, 6.07) is 3.08. The van der Waals surface area contributed by atoms with Crippen LogP contribution >= 0.6 is 12.4 Å². The lowest BCUT2D eigenvalue weighted by molar-refractivity contribution is -0.124. The van der Waals surface area contributed by atoms with Gasteiger partial charge >= 0.3 is 5.97 Å². The summed E-state index contributed by atoms with van der Waals surface area (Å²) in [5, 5.41) is 12.7. The number of nitrogens with two attached hydrogens (primary N) is 1. The highest BCUT2D eigenvalue weighted by molar-refractivity contribution is 6.01. The molecule has 0 aliphatic carbocycles. The SMILES string of the molecule is Cl.N=NN.O=C(O)c1cccnc1.O=C1CCC(=O)N1. The van der Waals surface area contributed by atoms with Gasteiger partial charge < -0.3 is 10.9 Å². The first-order chi connectivity index (χ1) is 9.01. The molecule has 110 valence electrons. The first-order valence-corrected chi connectivity index (χ1v) is 5.04. The summed E-state index contributed by atoms with van der Waals surface area (Å²) in [5.41, 5.74) is 5.83. The van der Waals surface area contributed by atoms with Crippen LogP contribution in [0.2, 0.25) is 0 Å². The van der Waals surface area contributed by atoms with Gasteiger partial charge in [0, 0.05) is 25.2 Å². The minimum Gasteiger partial charge on any atom is -0.478 e. The minimum absolute atomic E-state index is 0. The summed E-state index contributed by atoms with van der Waals surface area (Å²) in [6.45, 7) is 0. The summed E-state index contributed by atoms with van der Waals surface area (Å²) in [7, 11) is 0. The number of carboxylic acid groups (broad SMARTS) is 1. The van der Waals surface area contributed by atoms with Crippen LogP contribution in [0, 0.1) is 5.53 Å². The third-order valence-electron chi connectivity index (χ3n) is 1.77. The first kappa shape index (κ1) is 19.8. The first-order valence-electron chi connectivity index (χ1n) is 5.04. The molecule has 0 saturated carbocycles. The molecular formula is C10H14ClN5O4. The molecule has 5 N–H and O–H groups in total. The van der Waals surface area contributed by atoms with Crippen molar-refractivity contribution in [1.82, 2.24) is 10.3 Å². The van der Waals surface area contributed by atoms with E-state index in [0.29, 0.717) is 12.8 Å². The van der Waals surface area contributed by atoms with Crippen LogP contribution in [0.4, 0.5) is 0 Å². The summed E-state index contributed by atoms with van der Waals surface area (Å²) >= 11 is 0. The fraction of sp³-hybridized carbons (Fsp3) is 0.200. The highest BCUT2D eigenvalue weighted by Gasteiger charge is 2.15. The molecule has 2 rings (SSSR count). The Bertz CT molecular complexity index is 440. The Labute approximate surface area is 120 Å². The molecule has 10 heteroatoms. The molecule has 1 aromatic rings. The lowest BCUT2D eigenvalue weighted by Crippen LogP contribution is -2.18. The Morgan fingerprint density at radius 3 is 2.10 bits per heavy atom. The zero-order valence-corrected chi connectivity index (χ0v) is 11.1. The maximum absolute atomic E-state index is 10.2. The second kappa shape index (κ2) is 11.5. The van der Waals surface area contributed by atoms with Crippen molar-refractivity contribution in [3.63, 3.8) is 0 Å². The Kier molecular flexibility index (Phi) is 11.4. The predicted molar refractivity (Wildman–Crippen MR) is 70.2 cm³/mol. The van der Waals surface area contributed by atoms with Crippen molar-refractivity contribution in [3.8, 4) is 0 Å². The van der Waals surface area contributed by atoms with Gasteiger partial charge in [-0.05, 0) is 12.1 Å². The molecule has 1 aliphatic heterocycles. The van der Waals surface area contributed by atoms with E-state index in [1.165, 1.54) is 18.5 Å². The number of hydrogen-bond donors (Lipinski definition) is 4. The maximum Gasteiger partial charge on any atom is 0.337 e. The van der Waals surface area contributed by atoms with Crippen molar-refractivity contribution in [2.75, 3.05) is 0 Å². The van der Waals surface area contributed by atoms with Gasteiger partial charge in [-0.1, -0.05) is 5.22 Å². The van der Waals surface area contributed by atoms with E-state index in [0.717, 1.165) is 0 Å². The van der Waals surface area contributed by atoms with Crippen LogP contribution in [-0.2, 0) is 9.59 Å². The van der Waals surface area contributed by atoms with E-state index in [4.69, 9.17) is 10.6 Å². The lowest BCUT2D eigenvalue weighted by Gasteiger charge is -1.87. The number of aromatic carboxylic acids is 1. The molecule has 1 fully saturated rings. The van der Waals surface area contributed by atoms with Gasteiger partial charge in [-0.2, -0.15) is 5.53 Å². The summed E-state index contributed by atoms with van der Waals surface area (Å²) < 4.78 is 0. The van der Waals surface area contributed by atoms with Gasteiger partial charge in [-0.25, -0.2) is 4.79 Å². The summed E-state index contributed by atoms with van der Waals surface area (Å²) in [6.07, 6.45) is 3.59. The van der Waals surface area contributed by atoms with Gasteiger partial charge in [0.1, 0.15) is 0 Å². The van der Waals surface area contributed by atoms with Crippen LogP contribution in [0.25, 0.3) is 0 Å². The highest BCUT2D eigenvalue weighted by atomic mass is 35.5. The molecule has 0 atom stereocenters. The molecule has 0 aromatic carbocycles. The lowest BCUT2D eigenvalue weighted by atomic mass is 10.3. The molecule has 2 amide bonds. The Hall–Kier alpha value is -2.55. The second-order valence-corrected chi connectivity index (χ2v) is 3.15. The standard InChI is InChI=1S/C6H5NO2.C4H5NO2.ClH.H3N3/c8-6(9)5-2-1-3-7-4-5;6-3-1-2-4(7)5-3;;1-3-2/h1-4H,(H,8,9);1-2H2,(H,5,6,7);1H;(H3,1,2). The molecule has 20 heavy (non-hydrogen) atoms. The van der Waals surface area contributed by atoms with Gasteiger partial charge in [-0.15, -0.1) is 12.4 Å². The van der Waals surface area contributed by atoms with E-state index in [-0.39, 0.29) is 29.8 Å². The zero-order valence-electron chi connectivity index (χ0n) is 10.3. The number of carbonyl (C=O) groups excluding carboxylic acids is 2. The van der Waals surface area contributed by atoms with E-state index in [1.54, 1.807) is 6.07 Å². The second-order valence-electron chi connectivity index (χ2n) is 3.15. The Morgan fingerprint density at radius 1 is 1.40 bits per heavy atom. The van der Waals surface area contributed by atoms with Crippen molar-refractivity contribution < 1.29 is 19.5 Å². The molecule has 1 aromatic heterocycles. The number of amides is 2. The van der Waals surface area contributed by atoms with Crippen molar-refractivity contribution in [3.05, 3.63) is 30.1 Å². The molecule has 0 unspecified atom stereocenters. The van der Waals surface area contributed by atoms with Gasteiger partial charge in [0.05, 0.1) is 5.56 Å². The van der Waals surface area contributed by atoms with Crippen LogP contribution in [-0.4, -0.2) is 27.9 Å². The fourth-order valence-electron chi connectivity index (χ4n) is 0.997. The zero-order chi connectivity index (χ0) is 14.7. The normalized spacial score (nSPS) is 11.6. The van der Waals surface area contributed by atoms with Crippen molar-refractivity contribution in [2.45, 2.75) is 12.8 Å². The number of halogens is 1. The maximum atomic E-state index is 10.2. The third kappa shape index (κ3) is 9.48. The molecule has 0 radical (unpaired) electrons. The highest BCUT2D eigenvalue weighted by Crippen LogP contribution is 1.96. The molecule has 1 saturated heterocycles. The summed E-state index contributed by atoms with van der Waals surface area (Å²) in [5.74, 6) is 2.90. The van der Waals surface area contributed by atoms with Crippen molar-refractivity contribution in [2.24, 2.45) is 11.1 Å². The monoisotopic (exact) mass is 303 g/mol. The Morgan fingerprint density at radius 2 is 1.90 bits per heavy atom. The Balaban J connectivity index is 0. The predicted octanol–water partition coefficient (Wildman–Crippen LogP) is 0.516. The summed E-state index contributed by atoms with van der Waals surface area (Å²) in [4.78, 5) is 34.0. The number of carboxylic acids is 1. The van der Waals surface area contributed by atoms with Crippen molar-refractivity contribution >= 4 is 30.2 Å². The van der Waals surface area contributed by atoms with E-state index >= 15 is 0 Å². The van der Waals surface area contributed by atoms with E-state index < -0.39 is 5.97 Å². The molecule has 9 nitrogen and oxygen atoms in total. The molecule has 0 bridgehead atoms. The minimum atomic E-state index is -0.942. The average Bonchev–Trinajstić information content (AvgIpc) is 2.76. The van der Waals surface area contributed by atoms with Gasteiger partial charge in [0.2, 0.25) is 11.8 Å². The van der Waals surface area contributed by atoms with Gasteiger partial charge in [-0.3, -0.25) is 19.9 Å². The van der Waals surface area contributed by atoms with Gasteiger partial charge in [0.15, 0.2) is 0 Å². The van der Waals surface area contributed by atoms with Gasteiger partial charge in [0.25, 0.3) is 0 Å². The smallest absolute Gasteiger partial charge is 0.337 e. The largest absolute Gasteiger partial charge is 0.478 e. The van der Waals surface area contributed by atoms with Crippen LogP contribution in [0.5, 0.6) is 0 Å². The molecule has 2 heterocycles. The quantitative estimate of drug-likeness (QED) is 0.256. The van der Waals surface area contributed by atoms with E-state index in [9.17, 15) is 14.4 Å². The molecular weight excluding hydrogens is 290 g/mol. The average molecular weight is 304 g/mol. The number of aromatic nitrogens is 1. The molecule has 1 aliphatic rings. The number of hydrogen-bond acceptors (Lipinski definition) is 6. The number of rotatable bonds is 1. The van der Waals surface area contributed by atoms with Crippen LogP contribution in [0.3, 0.4) is 0 Å². The number of carbonyl (C=O) groups is 3. The number of nitrogens with one attached hydrogen (secondary N) is 2.